The molecular weight excluding hydrogens is 314 g/mol. The molecule has 0 unspecified atom stereocenters. The number of aryl methyl sites for hydroxylation is 2. The minimum absolute atomic E-state index is 0.430. The molecule has 0 aliphatic heterocycles. The molecule has 0 atom stereocenters. The minimum Gasteiger partial charge on any atom is -0.367 e. The first-order chi connectivity index (χ1) is 11.0. The lowest BCUT2D eigenvalue weighted by Gasteiger charge is -2.15. The second kappa shape index (κ2) is 5.85. The van der Waals surface area contributed by atoms with Crippen molar-refractivity contribution in [3.63, 3.8) is 0 Å². The molecule has 0 spiro atoms. The molecule has 3 rings (SSSR count). The van der Waals surface area contributed by atoms with E-state index in [9.17, 15) is 14.4 Å². The van der Waals surface area contributed by atoms with E-state index in [0.29, 0.717) is 4.88 Å². The first-order valence-electron chi connectivity index (χ1n) is 7.08. The molecule has 0 radical (unpaired) electrons. The van der Waals surface area contributed by atoms with Gasteiger partial charge in [-0.3, -0.25) is 14.4 Å². The summed E-state index contributed by atoms with van der Waals surface area (Å²) in [5.41, 5.74) is 13.6. The Hall–Kier alpha value is -2.67. The zero-order valence-corrected chi connectivity index (χ0v) is 13.0. The molecule has 23 heavy (non-hydrogen) atoms. The first kappa shape index (κ1) is 15.2. The number of primary amides is 2. The van der Waals surface area contributed by atoms with Crippen LogP contribution in [0, 0.1) is 0 Å². The van der Waals surface area contributed by atoms with Gasteiger partial charge in [0.1, 0.15) is 0 Å². The Morgan fingerprint density at radius 2 is 1.70 bits per heavy atom. The van der Waals surface area contributed by atoms with Gasteiger partial charge in [0, 0.05) is 4.88 Å². The van der Waals surface area contributed by atoms with Crippen LogP contribution in [-0.2, 0) is 22.4 Å². The van der Waals surface area contributed by atoms with Gasteiger partial charge < -0.3 is 16.8 Å². The van der Waals surface area contributed by atoms with E-state index >= 15 is 0 Å². The summed E-state index contributed by atoms with van der Waals surface area (Å²) in [6.07, 6.45) is 1.78. The lowest BCUT2D eigenvalue weighted by molar-refractivity contribution is -0.128. The van der Waals surface area contributed by atoms with Gasteiger partial charge in [-0.15, -0.1) is 11.3 Å². The van der Waals surface area contributed by atoms with Gasteiger partial charge in [0.2, 0.25) is 11.8 Å². The van der Waals surface area contributed by atoms with Crippen LogP contribution in [0.3, 0.4) is 0 Å². The number of nitrogens with one attached hydrogen (secondary N) is 1. The molecule has 0 bridgehead atoms. The second-order valence-corrected chi connectivity index (χ2v) is 6.39. The van der Waals surface area contributed by atoms with E-state index in [1.165, 1.54) is 16.9 Å². The Labute approximate surface area is 136 Å². The van der Waals surface area contributed by atoms with Gasteiger partial charge >= 0.3 is 0 Å². The Morgan fingerprint density at radius 1 is 1.04 bits per heavy atom. The number of hydrogen-bond acceptors (Lipinski definition) is 4. The Morgan fingerprint density at radius 3 is 2.39 bits per heavy atom. The summed E-state index contributed by atoms with van der Waals surface area (Å²) >= 11 is 1.34. The van der Waals surface area contributed by atoms with Gasteiger partial charge in [-0.05, 0) is 35.6 Å². The molecule has 3 amide bonds. The predicted octanol–water partition coefficient (Wildman–Crippen LogP) is 0.583. The molecule has 118 valence electrons. The largest absolute Gasteiger partial charge is 0.367 e. The van der Waals surface area contributed by atoms with Crippen LogP contribution in [0.15, 0.2) is 30.3 Å². The van der Waals surface area contributed by atoms with E-state index in [1.54, 1.807) is 6.07 Å². The number of hydrogen-bond donors (Lipinski definition) is 3. The van der Waals surface area contributed by atoms with Crippen molar-refractivity contribution in [1.82, 2.24) is 5.32 Å². The highest BCUT2D eigenvalue weighted by Gasteiger charge is 2.27. The summed E-state index contributed by atoms with van der Waals surface area (Å²) in [5.74, 6) is -2.47. The van der Waals surface area contributed by atoms with E-state index in [0.717, 1.165) is 28.8 Å². The third-order valence-electron chi connectivity index (χ3n) is 3.80. The fourth-order valence-corrected chi connectivity index (χ4v) is 3.84. The number of carbonyl (C=O) groups excluding carboxylic acids is 3. The average molecular weight is 329 g/mol. The molecule has 6 nitrogen and oxygen atoms in total. The number of thiophene rings is 1. The van der Waals surface area contributed by atoms with Gasteiger partial charge in [0.05, 0.1) is 4.88 Å². The standard InChI is InChI=1S/C16H15N3O3S/c17-14(20)12(15(18)21)19-16(22)11-7-9-6-5-8-3-1-2-4-10(8)13(9)23-11/h1-4,7,12H,5-6H2,(H2,17,20)(H2,18,21)(H,19,22). The number of nitrogens with two attached hydrogens (primary N) is 2. The van der Waals surface area contributed by atoms with Crippen LogP contribution in [0.2, 0.25) is 0 Å². The molecule has 1 aromatic heterocycles. The summed E-state index contributed by atoms with van der Waals surface area (Å²) in [6.45, 7) is 0. The van der Waals surface area contributed by atoms with E-state index in [1.807, 2.05) is 18.2 Å². The van der Waals surface area contributed by atoms with Gasteiger partial charge in [-0.2, -0.15) is 0 Å². The normalized spacial score (nSPS) is 12.4. The van der Waals surface area contributed by atoms with Gasteiger partial charge in [-0.25, -0.2) is 0 Å². The maximum absolute atomic E-state index is 12.3. The Kier molecular flexibility index (Phi) is 3.87. The van der Waals surface area contributed by atoms with Crippen molar-refractivity contribution in [2.24, 2.45) is 11.5 Å². The maximum Gasteiger partial charge on any atom is 0.262 e. The predicted molar refractivity (Wildman–Crippen MR) is 86.8 cm³/mol. The lowest BCUT2D eigenvalue weighted by Crippen LogP contribution is -2.52. The summed E-state index contributed by atoms with van der Waals surface area (Å²) < 4.78 is 0. The molecular formula is C16H15N3O3S. The molecule has 0 saturated heterocycles. The maximum atomic E-state index is 12.3. The van der Waals surface area contributed by atoms with Gasteiger partial charge in [0.15, 0.2) is 6.04 Å². The van der Waals surface area contributed by atoms with Gasteiger partial charge in [0.25, 0.3) is 5.91 Å². The van der Waals surface area contributed by atoms with Crippen LogP contribution in [-0.4, -0.2) is 23.8 Å². The zero-order valence-electron chi connectivity index (χ0n) is 12.2. The van der Waals surface area contributed by atoms with E-state index in [4.69, 9.17) is 11.5 Å². The minimum atomic E-state index is -1.51. The number of amides is 3. The topological polar surface area (TPSA) is 115 Å². The third-order valence-corrected chi connectivity index (χ3v) is 5.01. The Balaban J connectivity index is 1.89. The molecule has 0 saturated carbocycles. The summed E-state index contributed by atoms with van der Waals surface area (Å²) in [5, 5.41) is 2.29. The highest BCUT2D eigenvalue weighted by Crippen LogP contribution is 2.39. The molecule has 0 fully saturated rings. The highest BCUT2D eigenvalue weighted by atomic mass is 32.1. The molecule has 1 aromatic carbocycles. The van der Waals surface area contributed by atoms with Crippen LogP contribution in [0.4, 0.5) is 0 Å². The summed E-state index contributed by atoms with van der Waals surface area (Å²) in [7, 11) is 0. The molecule has 1 aliphatic rings. The van der Waals surface area contributed by atoms with Crippen molar-refractivity contribution in [2.75, 3.05) is 0 Å². The van der Waals surface area contributed by atoms with Crippen LogP contribution < -0.4 is 16.8 Å². The molecule has 7 heteroatoms. The van der Waals surface area contributed by atoms with E-state index < -0.39 is 23.8 Å². The fraction of sp³-hybridized carbons (Fsp3) is 0.188. The highest BCUT2D eigenvalue weighted by molar-refractivity contribution is 7.17. The summed E-state index contributed by atoms with van der Waals surface area (Å²) in [6, 6.07) is 8.35. The van der Waals surface area contributed by atoms with Crippen molar-refractivity contribution in [3.05, 3.63) is 46.3 Å². The number of carbonyl (C=O) groups is 3. The first-order valence-corrected chi connectivity index (χ1v) is 7.89. The number of rotatable bonds is 4. The molecule has 5 N–H and O–H groups in total. The second-order valence-electron chi connectivity index (χ2n) is 5.33. The molecule has 1 aliphatic carbocycles. The molecule has 1 heterocycles. The zero-order chi connectivity index (χ0) is 16.6. The lowest BCUT2D eigenvalue weighted by atomic mass is 9.91. The van der Waals surface area contributed by atoms with E-state index in [-0.39, 0.29) is 0 Å². The van der Waals surface area contributed by atoms with Crippen LogP contribution in [0.5, 0.6) is 0 Å². The number of benzene rings is 1. The van der Waals surface area contributed by atoms with Crippen molar-refractivity contribution in [1.29, 1.82) is 0 Å². The van der Waals surface area contributed by atoms with Crippen molar-refractivity contribution < 1.29 is 14.4 Å². The SMILES string of the molecule is NC(=O)C(NC(=O)c1cc2c(s1)-c1ccccc1CC2)C(N)=O. The van der Waals surface area contributed by atoms with Crippen LogP contribution in [0.1, 0.15) is 20.8 Å². The van der Waals surface area contributed by atoms with Crippen LogP contribution >= 0.6 is 11.3 Å². The summed E-state index contributed by atoms with van der Waals surface area (Å²) in [4.78, 5) is 36.1. The smallest absolute Gasteiger partial charge is 0.262 e. The quantitative estimate of drug-likeness (QED) is 0.713. The van der Waals surface area contributed by atoms with Crippen molar-refractivity contribution >= 4 is 29.1 Å². The third kappa shape index (κ3) is 2.83. The molecule has 2 aromatic rings. The Bertz CT molecular complexity index is 799. The van der Waals surface area contributed by atoms with Crippen LogP contribution in [0.25, 0.3) is 10.4 Å². The monoisotopic (exact) mass is 329 g/mol. The average Bonchev–Trinajstić information content (AvgIpc) is 2.96. The van der Waals surface area contributed by atoms with Gasteiger partial charge in [-0.1, -0.05) is 24.3 Å². The fourth-order valence-electron chi connectivity index (χ4n) is 2.67. The van der Waals surface area contributed by atoms with Crippen molar-refractivity contribution in [2.45, 2.75) is 18.9 Å². The van der Waals surface area contributed by atoms with Crippen molar-refractivity contribution in [3.8, 4) is 10.4 Å². The number of fused-ring (bicyclic) bond motifs is 3. The van der Waals surface area contributed by atoms with E-state index in [2.05, 4.69) is 11.4 Å².